The first-order chi connectivity index (χ1) is 19.1. The van der Waals surface area contributed by atoms with E-state index in [0.717, 1.165) is 16.8 Å². The Hall–Kier alpha value is -4.49. The lowest BCUT2D eigenvalue weighted by molar-refractivity contribution is -0.121. The monoisotopic (exact) mass is 532 g/mol. The van der Waals surface area contributed by atoms with E-state index < -0.39 is 23.4 Å². The standard InChI is InChI=1S/C32H24N2O4S/c1-38-21-10-6-9-20(18-21)29(35)27-28(30(36)25-14-7-17-39-25)34-24-13-5-2-8-19(24)15-16-26(34)32(27)22-11-3-4-12-23(22)33-31(32)37/h2-18,26-28H,1H3,(H,33,37)/t26-,27-,28+,32-/m0/s1. The van der Waals surface area contributed by atoms with Crippen LogP contribution in [0, 0.1) is 5.92 Å². The van der Waals surface area contributed by atoms with E-state index in [1.807, 2.05) is 77.0 Å². The van der Waals surface area contributed by atoms with Gasteiger partial charge in [-0.3, -0.25) is 14.4 Å². The zero-order valence-corrected chi connectivity index (χ0v) is 21.9. The van der Waals surface area contributed by atoms with E-state index in [4.69, 9.17) is 4.74 Å². The van der Waals surface area contributed by atoms with Gasteiger partial charge in [0.15, 0.2) is 11.6 Å². The van der Waals surface area contributed by atoms with Gasteiger partial charge in [-0.2, -0.15) is 0 Å². The van der Waals surface area contributed by atoms with Crippen LogP contribution < -0.4 is 15.0 Å². The van der Waals surface area contributed by atoms with Crippen LogP contribution in [0.25, 0.3) is 6.08 Å². The van der Waals surface area contributed by atoms with Crippen LogP contribution in [-0.4, -0.2) is 36.7 Å². The molecule has 1 saturated heterocycles. The molecule has 3 aliphatic heterocycles. The molecule has 39 heavy (non-hydrogen) atoms. The number of Topliss-reactive ketones (excluding diaryl/α,β-unsaturated/α-hetero) is 2. The van der Waals surface area contributed by atoms with Gasteiger partial charge in [-0.05, 0) is 46.8 Å². The molecule has 1 N–H and O–H groups in total. The van der Waals surface area contributed by atoms with Gasteiger partial charge >= 0.3 is 0 Å². The van der Waals surface area contributed by atoms with Crippen molar-refractivity contribution in [1.29, 1.82) is 0 Å². The van der Waals surface area contributed by atoms with Crippen molar-refractivity contribution in [1.82, 2.24) is 0 Å². The molecule has 1 aromatic heterocycles. The molecular formula is C32H24N2O4S. The first kappa shape index (κ1) is 23.6. The van der Waals surface area contributed by atoms with Crippen LogP contribution in [0.15, 0.2) is 96.4 Å². The highest BCUT2D eigenvalue weighted by Crippen LogP contribution is 2.58. The van der Waals surface area contributed by atoms with E-state index in [1.54, 1.807) is 37.4 Å². The summed E-state index contributed by atoms with van der Waals surface area (Å²) in [5, 5.41) is 4.91. The Morgan fingerprint density at radius 2 is 1.77 bits per heavy atom. The molecule has 0 unspecified atom stereocenters. The number of rotatable bonds is 5. The van der Waals surface area contributed by atoms with E-state index in [0.29, 0.717) is 21.9 Å². The van der Waals surface area contributed by atoms with Crippen molar-refractivity contribution in [2.45, 2.75) is 17.5 Å². The maximum atomic E-state index is 14.7. The average molecular weight is 533 g/mol. The lowest BCUT2D eigenvalue weighted by Crippen LogP contribution is -2.51. The molecule has 192 valence electrons. The topological polar surface area (TPSA) is 75.7 Å². The first-order valence-corrected chi connectivity index (χ1v) is 13.7. The maximum Gasteiger partial charge on any atom is 0.238 e. The zero-order chi connectivity index (χ0) is 26.7. The van der Waals surface area contributed by atoms with Crippen LogP contribution in [0.2, 0.25) is 0 Å². The summed E-state index contributed by atoms with van der Waals surface area (Å²) in [5.41, 5.74) is 2.25. The average Bonchev–Trinajstić information content (AvgIpc) is 3.69. The molecule has 1 spiro atoms. The van der Waals surface area contributed by atoms with Gasteiger partial charge in [0.25, 0.3) is 0 Å². The number of carbonyl (C=O) groups excluding carboxylic acids is 3. The molecule has 7 heteroatoms. The number of ketones is 2. The molecule has 1 fully saturated rings. The molecule has 1 amide bonds. The van der Waals surface area contributed by atoms with E-state index >= 15 is 0 Å². The van der Waals surface area contributed by atoms with E-state index in [9.17, 15) is 14.4 Å². The van der Waals surface area contributed by atoms with Gasteiger partial charge < -0.3 is 15.0 Å². The van der Waals surface area contributed by atoms with Gasteiger partial charge in [-0.15, -0.1) is 11.3 Å². The molecule has 0 aliphatic carbocycles. The molecule has 0 radical (unpaired) electrons. The van der Waals surface area contributed by atoms with Crippen molar-refractivity contribution < 1.29 is 19.1 Å². The summed E-state index contributed by atoms with van der Waals surface area (Å²) < 4.78 is 5.42. The second kappa shape index (κ2) is 8.78. The fourth-order valence-corrected chi connectivity index (χ4v) is 7.34. The van der Waals surface area contributed by atoms with Crippen LogP contribution in [0.1, 0.15) is 31.2 Å². The predicted octanol–water partition coefficient (Wildman–Crippen LogP) is 5.61. The van der Waals surface area contributed by atoms with Gasteiger partial charge in [-0.1, -0.05) is 66.7 Å². The Morgan fingerprint density at radius 1 is 0.949 bits per heavy atom. The number of thiophene rings is 1. The summed E-state index contributed by atoms with van der Waals surface area (Å²) >= 11 is 1.35. The molecular weight excluding hydrogens is 508 g/mol. The molecule has 4 atom stereocenters. The highest BCUT2D eigenvalue weighted by Gasteiger charge is 2.70. The van der Waals surface area contributed by atoms with Crippen molar-refractivity contribution in [2.24, 2.45) is 5.92 Å². The fourth-order valence-electron chi connectivity index (χ4n) is 6.64. The maximum absolute atomic E-state index is 14.7. The summed E-state index contributed by atoms with van der Waals surface area (Å²) in [7, 11) is 1.55. The largest absolute Gasteiger partial charge is 0.497 e. The zero-order valence-electron chi connectivity index (χ0n) is 21.0. The number of hydrogen-bond donors (Lipinski definition) is 1. The third kappa shape index (κ3) is 3.23. The molecule has 3 aromatic carbocycles. The van der Waals surface area contributed by atoms with E-state index in [-0.39, 0.29) is 17.5 Å². The molecule has 6 nitrogen and oxygen atoms in total. The normalized spacial score (nSPS) is 24.2. The lowest BCUT2D eigenvalue weighted by atomic mass is 9.64. The Labute approximate surface area is 229 Å². The van der Waals surface area contributed by atoms with Crippen molar-refractivity contribution in [2.75, 3.05) is 17.3 Å². The number of ether oxygens (including phenoxy) is 1. The highest BCUT2D eigenvalue weighted by molar-refractivity contribution is 7.12. The fraction of sp³-hybridized carbons (Fsp3) is 0.156. The number of para-hydroxylation sites is 2. The van der Waals surface area contributed by atoms with Gasteiger partial charge in [0.1, 0.15) is 17.2 Å². The molecule has 0 bridgehead atoms. The summed E-state index contributed by atoms with van der Waals surface area (Å²) in [5.74, 6) is -1.17. The Balaban J connectivity index is 1.54. The third-order valence-electron chi connectivity index (χ3n) is 8.21. The number of nitrogens with zero attached hydrogens (tertiary/aromatic N) is 1. The minimum Gasteiger partial charge on any atom is -0.497 e. The van der Waals surface area contributed by atoms with Gasteiger partial charge in [-0.25, -0.2) is 0 Å². The van der Waals surface area contributed by atoms with Gasteiger partial charge in [0.05, 0.1) is 23.9 Å². The highest BCUT2D eigenvalue weighted by atomic mass is 32.1. The number of anilines is 2. The summed E-state index contributed by atoms with van der Waals surface area (Å²) in [6, 6.07) is 24.4. The molecule has 4 aromatic rings. The number of carbonyl (C=O) groups is 3. The van der Waals surface area contributed by atoms with Crippen molar-refractivity contribution in [3.05, 3.63) is 118 Å². The molecule has 3 aliphatic rings. The minimum absolute atomic E-state index is 0.171. The van der Waals surface area contributed by atoms with Gasteiger partial charge in [0.2, 0.25) is 5.91 Å². The second-order valence-corrected chi connectivity index (χ2v) is 10.9. The second-order valence-electron chi connectivity index (χ2n) is 10.00. The van der Waals surface area contributed by atoms with Crippen LogP contribution in [0.4, 0.5) is 11.4 Å². The predicted molar refractivity (Wildman–Crippen MR) is 152 cm³/mol. The molecule has 4 heterocycles. The SMILES string of the molecule is COc1cccc(C(=O)[C@@H]2[C@H](C(=O)c3cccs3)N3c4ccccc4C=C[C@H]3[C@]23C(=O)Nc2ccccc23)c1. The van der Waals surface area contributed by atoms with E-state index in [2.05, 4.69) is 5.32 Å². The van der Waals surface area contributed by atoms with Crippen LogP contribution >= 0.6 is 11.3 Å². The summed E-state index contributed by atoms with van der Waals surface area (Å²) in [6.45, 7) is 0. The third-order valence-corrected chi connectivity index (χ3v) is 9.10. The minimum atomic E-state index is -1.32. The van der Waals surface area contributed by atoms with Crippen molar-refractivity contribution >= 4 is 46.3 Å². The van der Waals surface area contributed by atoms with Crippen molar-refractivity contribution in [3.63, 3.8) is 0 Å². The quantitative estimate of drug-likeness (QED) is 0.338. The van der Waals surface area contributed by atoms with E-state index in [1.165, 1.54) is 11.3 Å². The lowest BCUT2D eigenvalue weighted by Gasteiger charge is -2.37. The number of nitrogens with one attached hydrogen (secondary N) is 1. The Kier molecular flexibility index (Phi) is 5.32. The summed E-state index contributed by atoms with van der Waals surface area (Å²) in [6.07, 6.45) is 3.98. The summed E-state index contributed by atoms with van der Waals surface area (Å²) in [4.78, 5) is 46.0. The molecule has 0 saturated carbocycles. The van der Waals surface area contributed by atoms with Crippen LogP contribution in [0.5, 0.6) is 5.75 Å². The van der Waals surface area contributed by atoms with Crippen LogP contribution in [-0.2, 0) is 10.2 Å². The smallest absolute Gasteiger partial charge is 0.238 e. The number of methoxy groups -OCH3 is 1. The first-order valence-electron chi connectivity index (χ1n) is 12.8. The number of fused-ring (bicyclic) bond motifs is 6. The Bertz CT molecular complexity index is 1680. The van der Waals surface area contributed by atoms with Crippen LogP contribution in [0.3, 0.4) is 0 Å². The Morgan fingerprint density at radius 3 is 2.59 bits per heavy atom. The number of benzene rings is 3. The molecule has 7 rings (SSSR count). The van der Waals surface area contributed by atoms with Crippen molar-refractivity contribution in [3.8, 4) is 5.75 Å². The number of amides is 1. The number of hydrogen-bond acceptors (Lipinski definition) is 6. The van der Waals surface area contributed by atoms with Gasteiger partial charge in [0, 0.05) is 16.9 Å².